The van der Waals surface area contributed by atoms with E-state index < -0.39 is 0 Å². The van der Waals surface area contributed by atoms with Gasteiger partial charge in [0.1, 0.15) is 0 Å². The first-order valence-electron chi connectivity index (χ1n) is 8.68. The summed E-state index contributed by atoms with van der Waals surface area (Å²) in [6.45, 7) is 8.83. The lowest BCUT2D eigenvalue weighted by Gasteiger charge is -2.33. The standard InChI is InChI=1S/C19H32N2/c1-15(2)11-13-21(18-6-4-5-7-18)19-9-8-17(10-12-20)14-16(19)3/h8-9,14-15,18H,4-7,10-13,20H2,1-3H3. The summed E-state index contributed by atoms with van der Waals surface area (Å²) >= 11 is 0. The first-order valence-corrected chi connectivity index (χ1v) is 8.68. The van der Waals surface area contributed by atoms with Crippen LogP contribution in [-0.4, -0.2) is 19.1 Å². The molecule has 1 aromatic carbocycles. The zero-order valence-electron chi connectivity index (χ0n) is 14.1. The molecule has 21 heavy (non-hydrogen) atoms. The van der Waals surface area contributed by atoms with Crippen molar-refractivity contribution in [1.82, 2.24) is 0 Å². The van der Waals surface area contributed by atoms with E-state index in [9.17, 15) is 0 Å². The quantitative estimate of drug-likeness (QED) is 0.811. The van der Waals surface area contributed by atoms with Gasteiger partial charge in [0.2, 0.25) is 0 Å². The fraction of sp³-hybridized carbons (Fsp3) is 0.684. The summed E-state index contributed by atoms with van der Waals surface area (Å²) in [7, 11) is 0. The Bertz CT molecular complexity index is 433. The van der Waals surface area contributed by atoms with Gasteiger partial charge in [-0.25, -0.2) is 0 Å². The fourth-order valence-electron chi connectivity index (χ4n) is 3.47. The molecule has 0 aromatic heterocycles. The van der Waals surface area contributed by atoms with Gasteiger partial charge in [0.15, 0.2) is 0 Å². The molecule has 0 unspecified atom stereocenters. The van der Waals surface area contributed by atoms with E-state index in [2.05, 4.69) is 43.9 Å². The minimum Gasteiger partial charge on any atom is -0.368 e. The molecule has 0 heterocycles. The van der Waals surface area contributed by atoms with E-state index in [-0.39, 0.29) is 0 Å². The Morgan fingerprint density at radius 1 is 1.24 bits per heavy atom. The third-order valence-corrected chi connectivity index (χ3v) is 4.72. The van der Waals surface area contributed by atoms with Crippen molar-refractivity contribution in [3.63, 3.8) is 0 Å². The Hall–Kier alpha value is -1.02. The Labute approximate surface area is 130 Å². The molecule has 0 spiro atoms. The summed E-state index contributed by atoms with van der Waals surface area (Å²) in [5.74, 6) is 0.769. The molecule has 2 rings (SSSR count). The van der Waals surface area contributed by atoms with E-state index in [0.717, 1.165) is 24.9 Å². The lowest BCUT2D eigenvalue weighted by Crippen LogP contribution is -2.35. The lowest BCUT2D eigenvalue weighted by molar-refractivity contribution is 0.528. The van der Waals surface area contributed by atoms with Gasteiger partial charge in [0, 0.05) is 18.3 Å². The van der Waals surface area contributed by atoms with Crippen LogP contribution in [0, 0.1) is 12.8 Å². The van der Waals surface area contributed by atoms with Crippen LogP contribution >= 0.6 is 0 Å². The first-order chi connectivity index (χ1) is 10.1. The third kappa shape index (κ3) is 4.47. The molecule has 1 aliphatic carbocycles. The number of anilines is 1. The van der Waals surface area contributed by atoms with E-state index in [1.807, 2.05) is 0 Å². The second-order valence-electron chi connectivity index (χ2n) is 6.97. The summed E-state index contributed by atoms with van der Waals surface area (Å²) in [4.78, 5) is 2.69. The summed E-state index contributed by atoms with van der Waals surface area (Å²) in [5.41, 5.74) is 9.91. The predicted octanol–water partition coefficient (Wildman–Crippen LogP) is 4.29. The first kappa shape index (κ1) is 16.4. The topological polar surface area (TPSA) is 29.3 Å². The second kappa shape index (κ2) is 7.84. The minimum absolute atomic E-state index is 0.735. The van der Waals surface area contributed by atoms with Gasteiger partial charge in [-0.2, -0.15) is 0 Å². The van der Waals surface area contributed by atoms with Crippen LogP contribution in [0.4, 0.5) is 5.69 Å². The van der Waals surface area contributed by atoms with Gasteiger partial charge in [-0.1, -0.05) is 38.8 Å². The fourth-order valence-corrected chi connectivity index (χ4v) is 3.47. The van der Waals surface area contributed by atoms with E-state index in [0.29, 0.717) is 0 Å². The van der Waals surface area contributed by atoms with E-state index >= 15 is 0 Å². The van der Waals surface area contributed by atoms with Gasteiger partial charge in [-0.3, -0.25) is 0 Å². The molecule has 0 saturated heterocycles. The van der Waals surface area contributed by atoms with Gasteiger partial charge < -0.3 is 10.6 Å². The minimum atomic E-state index is 0.735. The molecule has 0 bridgehead atoms. The Morgan fingerprint density at radius 2 is 1.95 bits per heavy atom. The Morgan fingerprint density at radius 3 is 2.52 bits per heavy atom. The summed E-state index contributed by atoms with van der Waals surface area (Å²) in [6, 6.07) is 7.69. The lowest BCUT2D eigenvalue weighted by atomic mass is 10.0. The average molecular weight is 288 g/mol. The monoisotopic (exact) mass is 288 g/mol. The van der Waals surface area contributed by atoms with Crippen LogP contribution in [0.15, 0.2) is 18.2 Å². The number of nitrogens with two attached hydrogens (primary N) is 1. The van der Waals surface area contributed by atoms with Crippen LogP contribution in [0.5, 0.6) is 0 Å². The van der Waals surface area contributed by atoms with Gasteiger partial charge >= 0.3 is 0 Å². The Balaban J connectivity index is 2.18. The average Bonchev–Trinajstić information content (AvgIpc) is 2.95. The molecule has 2 N–H and O–H groups in total. The normalized spacial score (nSPS) is 15.9. The maximum Gasteiger partial charge on any atom is 0.0398 e. The van der Waals surface area contributed by atoms with E-state index in [4.69, 9.17) is 5.73 Å². The molecule has 0 aliphatic heterocycles. The van der Waals surface area contributed by atoms with Crippen molar-refractivity contribution < 1.29 is 0 Å². The molecule has 118 valence electrons. The van der Waals surface area contributed by atoms with Crippen molar-refractivity contribution in [2.45, 2.75) is 65.3 Å². The maximum atomic E-state index is 5.68. The molecule has 2 heteroatoms. The molecule has 1 saturated carbocycles. The summed E-state index contributed by atoms with van der Waals surface area (Å²) in [6.07, 6.45) is 7.78. The van der Waals surface area contributed by atoms with Gasteiger partial charge in [-0.15, -0.1) is 0 Å². The number of hydrogen-bond donors (Lipinski definition) is 1. The highest BCUT2D eigenvalue weighted by atomic mass is 15.2. The molecule has 0 atom stereocenters. The molecule has 0 amide bonds. The largest absolute Gasteiger partial charge is 0.368 e. The summed E-state index contributed by atoms with van der Waals surface area (Å²) < 4.78 is 0. The molecule has 1 aliphatic rings. The maximum absolute atomic E-state index is 5.68. The second-order valence-corrected chi connectivity index (χ2v) is 6.97. The van der Waals surface area contributed by atoms with Crippen molar-refractivity contribution in [1.29, 1.82) is 0 Å². The van der Waals surface area contributed by atoms with Crippen LogP contribution in [0.25, 0.3) is 0 Å². The molecule has 0 radical (unpaired) electrons. The van der Waals surface area contributed by atoms with Gasteiger partial charge in [0.25, 0.3) is 0 Å². The van der Waals surface area contributed by atoms with Crippen molar-refractivity contribution >= 4 is 5.69 Å². The molecular weight excluding hydrogens is 256 g/mol. The highest BCUT2D eigenvalue weighted by Gasteiger charge is 2.23. The molecular formula is C19H32N2. The number of rotatable bonds is 7. The van der Waals surface area contributed by atoms with Crippen LogP contribution in [0.2, 0.25) is 0 Å². The smallest absolute Gasteiger partial charge is 0.0398 e. The van der Waals surface area contributed by atoms with E-state index in [1.165, 1.54) is 55.5 Å². The highest BCUT2D eigenvalue weighted by molar-refractivity contribution is 5.55. The zero-order chi connectivity index (χ0) is 15.2. The SMILES string of the molecule is Cc1cc(CCN)ccc1N(CCC(C)C)C1CCCC1. The Kier molecular flexibility index (Phi) is 6.10. The number of nitrogens with zero attached hydrogens (tertiary/aromatic N) is 1. The highest BCUT2D eigenvalue weighted by Crippen LogP contribution is 2.31. The molecule has 1 aromatic rings. The predicted molar refractivity (Wildman–Crippen MR) is 93.0 cm³/mol. The number of hydrogen-bond acceptors (Lipinski definition) is 2. The van der Waals surface area contributed by atoms with Crippen molar-refractivity contribution in [2.75, 3.05) is 18.0 Å². The molecule has 1 fully saturated rings. The van der Waals surface area contributed by atoms with Gasteiger partial charge in [-0.05, 0) is 62.3 Å². The van der Waals surface area contributed by atoms with Crippen molar-refractivity contribution in [2.24, 2.45) is 11.7 Å². The van der Waals surface area contributed by atoms with Crippen molar-refractivity contribution in [3.8, 4) is 0 Å². The molecule has 2 nitrogen and oxygen atoms in total. The number of aryl methyl sites for hydroxylation is 1. The summed E-state index contributed by atoms with van der Waals surface area (Å²) in [5, 5.41) is 0. The van der Waals surface area contributed by atoms with Gasteiger partial charge in [0.05, 0.1) is 0 Å². The van der Waals surface area contributed by atoms with Crippen LogP contribution in [0.1, 0.15) is 57.1 Å². The zero-order valence-corrected chi connectivity index (χ0v) is 14.1. The van der Waals surface area contributed by atoms with Crippen LogP contribution < -0.4 is 10.6 Å². The van der Waals surface area contributed by atoms with Crippen LogP contribution in [0.3, 0.4) is 0 Å². The van der Waals surface area contributed by atoms with Crippen LogP contribution in [-0.2, 0) is 6.42 Å². The van der Waals surface area contributed by atoms with E-state index in [1.54, 1.807) is 0 Å². The third-order valence-electron chi connectivity index (χ3n) is 4.72. The number of benzene rings is 1. The van der Waals surface area contributed by atoms with Crippen molar-refractivity contribution in [3.05, 3.63) is 29.3 Å².